The van der Waals surface area contributed by atoms with Gasteiger partial charge in [-0.15, -0.1) is 0 Å². The highest BCUT2D eigenvalue weighted by Crippen LogP contribution is 2.36. The van der Waals surface area contributed by atoms with E-state index in [1.165, 1.54) is 4.90 Å². The van der Waals surface area contributed by atoms with Crippen molar-refractivity contribution in [1.29, 1.82) is 0 Å². The van der Waals surface area contributed by atoms with Crippen LogP contribution in [0.1, 0.15) is 44.3 Å². The lowest BCUT2D eigenvalue weighted by atomic mass is 10.0. The van der Waals surface area contributed by atoms with Gasteiger partial charge in [-0.2, -0.15) is 13.2 Å². The molecule has 1 fully saturated rings. The Kier molecular flexibility index (Phi) is 8.76. The van der Waals surface area contributed by atoms with Crippen molar-refractivity contribution in [3.63, 3.8) is 0 Å². The van der Waals surface area contributed by atoms with Crippen molar-refractivity contribution in [3.05, 3.63) is 46.7 Å². The van der Waals surface area contributed by atoms with E-state index in [9.17, 15) is 35.9 Å². The van der Waals surface area contributed by atoms with E-state index in [-0.39, 0.29) is 43.1 Å². The number of alkyl halides is 3. The number of halogens is 6. The molecule has 0 saturated carbocycles. The first kappa shape index (κ1) is 30.5. The van der Waals surface area contributed by atoms with Crippen LogP contribution in [0.25, 0.3) is 0 Å². The quantitative estimate of drug-likeness (QED) is 0.404. The number of benzene rings is 1. The van der Waals surface area contributed by atoms with E-state index < -0.39 is 59.5 Å². The molecule has 2 aliphatic heterocycles. The fourth-order valence-corrected chi connectivity index (χ4v) is 4.78. The lowest BCUT2D eigenvalue weighted by Gasteiger charge is -2.33. The predicted octanol–water partition coefficient (Wildman–Crippen LogP) is 4.02. The van der Waals surface area contributed by atoms with Crippen LogP contribution >= 0.6 is 0 Å². The Morgan fingerprint density at radius 3 is 2.32 bits per heavy atom. The van der Waals surface area contributed by atoms with E-state index in [0.29, 0.717) is 38.4 Å². The number of carbonyl (C=O) groups excluding carboxylic acids is 2. The maximum atomic E-state index is 14.4. The minimum atomic E-state index is -4.71. The number of fused-ring (bicyclic) bond motifs is 1. The summed E-state index contributed by atoms with van der Waals surface area (Å²) in [6, 6.07) is -0.0900. The first-order valence-electron chi connectivity index (χ1n) is 13.0. The standard InChI is InChI=1S/C26H31F6N5O4/c1-25(2,3)41-24(39)33-16(10-15-11-18(28)19(29)13-17(15)27)12-21(38)36-4-5-37-20(14-36)22(34-23(37)26(30,31)32)35-6-8-40-9-7-35/h11,13,16H,4-10,12,14H2,1-3H3,(H,33,39)/t16-/m1/s1. The number of rotatable bonds is 6. The van der Waals surface area contributed by atoms with Crippen molar-refractivity contribution in [2.24, 2.45) is 0 Å². The van der Waals surface area contributed by atoms with Crippen LogP contribution in [-0.4, -0.2) is 70.9 Å². The number of nitrogens with zero attached hydrogens (tertiary/aromatic N) is 4. The van der Waals surface area contributed by atoms with Crippen LogP contribution in [0, 0.1) is 17.5 Å². The first-order valence-corrected chi connectivity index (χ1v) is 13.0. The van der Waals surface area contributed by atoms with Gasteiger partial charge in [0.1, 0.15) is 11.4 Å². The molecule has 1 aromatic carbocycles. The number of anilines is 1. The molecule has 0 radical (unpaired) electrons. The van der Waals surface area contributed by atoms with E-state index in [1.807, 2.05) is 0 Å². The summed E-state index contributed by atoms with van der Waals surface area (Å²) in [5, 5.41) is 2.48. The molecule has 0 aliphatic carbocycles. The van der Waals surface area contributed by atoms with Crippen LogP contribution in [0.2, 0.25) is 0 Å². The summed E-state index contributed by atoms with van der Waals surface area (Å²) in [5.41, 5.74) is -0.968. The number of nitrogens with one attached hydrogen (secondary N) is 1. The summed E-state index contributed by atoms with van der Waals surface area (Å²) < 4.78 is 94.6. The van der Waals surface area contributed by atoms with Gasteiger partial charge in [-0.25, -0.2) is 22.9 Å². The van der Waals surface area contributed by atoms with Gasteiger partial charge in [0, 0.05) is 44.7 Å². The molecule has 1 atom stereocenters. The Morgan fingerprint density at radius 2 is 1.68 bits per heavy atom. The summed E-state index contributed by atoms with van der Waals surface area (Å²) >= 11 is 0. The predicted molar refractivity (Wildman–Crippen MR) is 133 cm³/mol. The van der Waals surface area contributed by atoms with E-state index >= 15 is 0 Å². The largest absolute Gasteiger partial charge is 0.449 e. The first-order chi connectivity index (χ1) is 19.1. The van der Waals surface area contributed by atoms with Gasteiger partial charge < -0.3 is 29.2 Å². The molecule has 0 unspecified atom stereocenters. The summed E-state index contributed by atoms with van der Waals surface area (Å²) in [7, 11) is 0. The lowest BCUT2D eigenvalue weighted by Crippen LogP contribution is -2.46. The molecule has 0 bridgehead atoms. The fourth-order valence-electron chi connectivity index (χ4n) is 4.78. The van der Waals surface area contributed by atoms with Crippen molar-refractivity contribution >= 4 is 17.8 Å². The number of hydrogen-bond donors (Lipinski definition) is 1. The fraction of sp³-hybridized carbons (Fsp3) is 0.577. The number of hydrogen-bond acceptors (Lipinski definition) is 6. The summed E-state index contributed by atoms with van der Waals surface area (Å²) in [4.78, 5) is 32.8. The number of ether oxygens (including phenoxy) is 2. The highest BCUT2D eigenvalue weighted by Gasteiger charge is 2.42. The number of alkyl carbamates (subject to hydrolysis) is 1. The smallest absolute Gasteiger partial charge is 0.444 e. The number of carbonyl (C=O) groups is 2. The van der Waals surface area contributed by atoms with Gasteiger partial charge in [-0.3, -0.25) is 4.79 Å². The van der Waals surface area contributed by atoms with Crippen molar-refractivity contribution in [3.8, 4) is 0 Å². The maximum Gasteiger partial charge on any atom is 0.449 e. The van der Waals surface area contributed by atoms with Crippen molar-refractivity contribution < 1.29 is 45.4 Å². The second kappa shape index (κ2) is 11.8. The van der Waals surface area contributed by atoms with Crippen LogP contribution in [0.15, 0.2) is 12.1 Å². The zero-order chi connectivity index (χ0) is 30.1. The van der Waals surface area contributed by atoms with Gasteiger partial charge in [0.2, 0.25) is 11.7 Å². The lowest BCUT2D eigenvalue weighted by molar-refractivity contribution is -0.148. The Labute approximate surface area is 232 Å². The average Bonchev–Trinajstić information content (AvgIpc) is 3.26. The Bertz CT molecular complexity index is 1290. The van der Waals surface area contributed by atoms with E-state index in [2.05, 4.69) is 10.3 Å². The van der Waals surface area contributed by atoms with Crippen LogP contribution in [0.3, 0.4) is 0 Å². The third-order valence-electron chi connectivity index (χ3n) is 6.60. The molecule has 0 spiro atoms. The molecule has 9 nitrogen and oxygen atoms in total. The van der Waals surface area contributed by atoms with E-state index in [1.54, 1.807) is 25.7 Å². The normalized spacial score (nSPS) is 16.8. The number of imidazole rings is 1. The minimum absolute atomic E-state index is 0.0769. The second-order valence-electron chi connectivity index (χ2n) is 10.9. The zero-order valence-electron chi connectivity index (χ0n) is 22.8. The second-order valence-corrected chi connectivity index (χ2v) is 10.9. The molecule has 2 aliphatic rings. The number of aromatic nitrogens is 2. The number of morpholine rings is 1. The SMILES string of the molecule is CC(C)(C)OC(=O)N[C@@H](CC(=O)N1CCn2c(C(F)(F)F)nc(N3CCOCC3)c2C1)Cc1cc(F)c(F)cc1F. The van der Waals surface area contributed by atoms with Crippen molar-refractivity contribution in [1.82, 2.24) is 19.8 Å². The van der Waals surface area contributed by atoms with Gasteiger partial charge >= 0.3 is 12.3 Å². The van der Waals surface area contributed by atoms with Crippen molar-refractivity contribution in [2.45, 2.75) is 64.5 Å². The Hall–Kier alpha value is -3.49. The molecule has 2 amide bonds. The topological polar surface area (TPSA) is 88.9 Å². The third-order valence-corrected chi connectivity index (χ3v) is 6.60. The molecule has 1 saturated heterocycles. The minimum Gasteiger partial charge on any atom is -0.444 e. The molecule has 41 heavy (non-hydrogen) atoms. The maximum absolute atomic E-state index is 14.4. The molecule has 1 aromatic heterocycles. The molecule has 15 heteroatoms. The number of amides is 2. The summed E-state index contributed by atoms with van der Waals surface area (Å²) in [6.07, 6.45) is -6.41. The Morgan fingerprint density at radius 1 is 1.02 bits per heavy atom. The molecule has 3 heterocycles. The molecule has 2 aromatic rings. The molecule has 1 N–H and O–H groups in total. The van der Waals surface area contributed by atoms with Crippen molar-refractivity contribution in [2.75, 3.05) is 37.7 Å². The van der Waals surface area contributed by atoms with Crippen LogP contribution in [0.5, 0.6) is 0 Å². The molecular weight excluding hydrogens is 560 g/mol. The zero-order valence-corrected chi connectivity index (χ0v) is 22.8. The van der Waals surface area contributed by atoms with Gasteiger partial charge in [-0.1, -0.05) is 0 Å². The monoisotopic (exact) mass is 591 g/mol. The highest BCUT2D eigenvalue weighted by molar-refractivity contribution is 5.78. The highest BCUT2D eigenvalue weighted by atomic mass is 19.4. The van der Waals surface area contributed by atoms with Gasteiger partial charge in [0.25, 0.3) is 0 Å². The van der Waals surface area contributed by atoms with Crippen LogP contribution < -0.4 is 10.2 Å². The molecule has 226 valence electrons. The van der Waals surface area contributed by atoms with Gasteiger partial charge in [0.15, 0.2) is 17.5 Å². The Balaban J connectivity index is 1.56. The summed E-state index contributed by atoms with van der Waals surface area (Å²) in [5.74, 6) is -5.25. The summed E-state index contributed by atoms with van der Waals surface area (Å²) in [6.45, 7) is 5.69. The molecular formula is C26H31F6N5O4. The van der Waals surface area contributed by atoms with Crippen LogP contribution in [-0.2, 0) is 40.0 Å². The van der Waals surface area contributed by atoms with E-state index in [0.717, 1.165) is 4.57 Å². The van der Waals surface area contributed by atoms with Gasteiger partial charge in [-0.05, 0) is 38.8 Å². The van der Waals surface area contributed by atoms with Crippen LogP contribution in [0.4, 0.5) is 37.0 Å². The third kappa shape index (κ3) is 7.43. The molecule has 4 rings (SSSR count). The van der Waals surface area contributed by atoms with E-state index in [4.69, 9.17) is 9.47 Å². The van der Waals surface area contributed by atoms with Gasteiger partial charge in [0.05, 0.1) is 25.5 Å². The average molecular weight is 592 g/mol.